The minimum absolute atomic E-state index is 0.153. The van der Waals surface area contributed by atoms with E-state index in [1.54, 1.807) is 43.3 Å². The average Bonchev–Trinajstić information content (AvgIpc) is 2.69. The van der Waals surface area contributed by atoms with Crippen molar-refractivity contribution in [2.75, 3.05) is 32.1 Å². The van der Waals surface area contributed by atoms with E-state index in [0.29, 0.717) is 18.8 Å². The van der Waals surface area contributed by atoms with E-state index in [4.69, 9.17) is 5.73 Å². The highest BCUT2D eigenvalue weighted by molar-refractivity contribution is 6.15. The highest BCUT2D eigenvalue weighted by atomic mass is 16.6. The Bertz CT molecular complexity index is 880. The number of hydrogen-bond donors (Lipinski definition) is 2. The zero-order chi connectivity index (χ0) is 20.7. The van der Waals surface area contributed by atoms with Crippen molar-refractivity contribution in [2.24, 2.45) is 5.73 Å². The lowest BCUT2D eigenvalue weighted by Gasteiger charge is -2.14. The lowest BCUT2D eigenvalue weighted by molar-refractivity contribution is -0.384. The van der Waals surface area contributed by atoms with Gasteiger partial charge >= 0.3 is 0 Å². The van der Waals surface area contributed by atoms with Gasteiger partial charge in [-0.2, -0.15) is 0 Å². The van der Waals surface area contributed by atoms with Gasteiger partial charge in [-0.15, -0.1) is 0 Å². The number of unbranched alkanes of at least 4 members (excludes halogenated alkanes) is 1. The molecule has 0 aliphatic rings. The number of nitrogens with two attached hydrogens (primary N) is 1. The molecule has 8 nitrogen and oxygen atoms in total. The van der Waals surface area contributed by atoms with E-state index in [-0.39, 0.29) is 28.3 Å². The molecule has 148 valence electrons. The van der Waals surface area contributed by atoms with E-state index in [1.807, 2.05) is 0 Å². The van der Waals surface area contributed by atoms with Crippen molar-refractivity contribution in [3.8, 4) is 0 Å². The third-order valence-corrected chi connectivity index (χ3v) is 4.25. The maximum Gasteiger partial charge on any atom is 0.293 e. The summed E-state index contributed by atoms with van der Waals surface area (Å²) in [5.41, 5.74) is 6.26. The van der Waals surface area contributed by atoms with Gasteiger partial charge in [0.1, 0.15) is 5.69 Å². The maximum absolute atomic E-state index is 13.0. The Morgan fingerprint density at radius 1 is 1.11 bits per heavy atom. The van der Waals surface area contributed by atoms with Gasteiger partial charge in [-0.1, -0.05) is 18.2 Å². The first-order valence-electron chi connectivity index (χ1n) is 8.94. The minimum atomic E-state index is -0.526. The summed E-state index contributed by atoms with van der Waals surface area (Å²) in [6.45, 7) is 1.01. The molecule has 2 aromatic carbocycles. The van der Waals surface area contributed by atoms with E-state index >= 15 is 0 Å². The third kappa shape index (κ3) is 4.92. The molecule has 0 saturated carbocycles. The first-order valence-corrected chi connectivity index (χ1v) is 8.94. The molecule has 1 amide bonds. The van der Waals surface area contributed by atoms with Crippen molar-refractivity contribution < 1.29 is 14.5 Å². The third-order valence-electron chi connectivity index (χ3n) is 4.25. The molecule has 0 unspecified atom stereocenters. The van der Waals surface area contributed by atoms with E-state index in [0.717, 1.165) is 12.8 Å². The molecule has 0 heterocycles. The van der Waals surface area contributed by atoms with Crippen molar-refractivity contribution in [3.05, 3.63) is 69.3 Å². The second-order valence-electron chi connectivity index (χ2n) is 6.48. The van der Waals surface area contributed by atoms with Gasteiger partial charge in [0.05, 0.1) is 10.5 Å². The van der Waals surface area contributed by atoms with Crippen LogP contribution < -0.4 is 16.0 Å². The molecule has 0 spiro atoms. The number of nitrogens with one attached hydrogen (secondary N) is 1. The molecule has 3 N–H and O–H groups in total. The lowest BCUT2D eigenvalue weighted by Crippen LogP contribution is -2.26. The second kappa shape index (κ2) is 9.61. The van der Waals surface area contributed by atoms with Crippen LogP contribution in [0.15, 0.2) is 42.5 Å². The molecular weight excluding hydrogens is 360 g/mol. The van der Waals surface area contributed by atoms with Crippen LogP contribution >= 0.6 is 0 Å². The number of rotatable bonds is 9. The maximum atomic E-state index is 13.0. The number of anilines is 1. The Hall–Kier alpha value is -3.26. The van der Waals surface area contributed by atoms with Gasteiger partial charge in [0.25, 0.3) is 11.6 Å². The first kappa shape index (κ1) is 21.0. The Labute approximate surface area is 163 Å². The Kier molecular flexibility index (Phi) is 7.22. The molecule has 0 saturated heterocycles. The van der Waals surface area contributed by atoms with Crippen LogP contribution in [-0.2, 0) is 0 Å². The second-order valence-corrected chi connectivity index (χ2v) is 6.48. The summed E-state index contributed by atoms with van der Waals surface area (Å²) in [5, 5.41) is 14.2. The molecule has 2 aromatic rings. The van der Waals surface area contributed by atoms with Gasteiger partial charge in [0.15, 0.2) is 5.78 Å². The molecule has 0 atom stereocenters. The topological polar surface area (TPSA) is 119 Å². The summed E-state index contributed by atoms with van der Waals surface area (Å²) in [7, 11) is 3.38. The first-order chi connectivity index (χ1) is 13.4. The highest BCUT2D eigenvalue weighted by Gasteiger charge is 2.22. The summed E-state index contributed by atoms with van der Waals surface area (Å²) >= 11 is 0. The van der Waals surface area contributed by atoms with Gasteiger partial charge in [0, 0.05) is 37.8 Å². The lowest BCUT2D eigenvalue weighted by atomic mass is 9.97. The molecule has 2 rings (SSSR count). The zero-order valence-corrected chi connectivity index (χ0v) is 16.0. The van der Waals surface area contributed by atoms with Crippen LogP contribution in [0, 0.1) is 10.1 Å². The fraction of sp³-hybridized carbons (Fsp3) is 0.300. The van der Waals surface area contributed by atoms with Gasteiger partial charge in [0.2, 0.25) is 0 Å². The molecule has 0 aliphatic carbocycles. The fourth-order valence-electron chi connectivity index (χ4n) is 2.79. The largest absolute Gasteiger partial charge is 0.372 e. The number of benzene rings is 2. The molecule has 0 fully saturated rings. The van der Waals surface area contributed by atoms with Gasteiger partial charge in [-0.3, -0.25) is 19.7 Å². The van der Waals surface area contributed by atoms with Crippen molar-refractivity contribution >= 4 is 23.1 Å². The molecule has 0 aliphatic heterocycles. The zero-order valence-electron chi connectivity index (χ0n) is 16.0. The Morgan fingerprint density at radius 3 is 2.39 bits per heavy atom. The van der Waals surface area contributed by atoms with Crippen LogP contribution in [0.25, 0.3) is 0 Å². The van der Waals surface area contributed by atoms with Crippen molar-refractivity contribution in [1.29, 1.82) is 0 Å². The van der Waals surface area contributed by atoms with E-state index < -0.39 is 10.7 Å². The van der Waals surface area contributed by atoms with Gasteiger partial charge < -0.3 is 16.0 Å². The molecule has 0 radical (unpaired) electrons. The smallest absolute Gasteiger partial charge is 0.293 e. The van der Waals surface area contributed by atoms with Crippen LogP contribution in [0.2, 0.25) is 0 Å². The number of nitro benzene ring substituents is 1. The predicted octanol–water partition coefficient (Wildman–Crippen LogP) is 2.36. The Balaban J connectivity index is 2.33. The molecule has 8 heteroatoms. The summed E-state index contributed by atoms with van der Waals surface area (Å²) in [6.07, 6.45) is 1.54. The van der Waals surface area contributed by atoms with Crippen LogP contribution in [0.1, 0.15) is 39.1 Å². The van der Waals surface area contributed by atoms with Crippen molar-refractivity contribution in [2.45, 2.75) is 12.8 Å². The number of carbonyl (C=O) groups is 2. The number of hydrogen-bond acceptors (Lipinski definition) is 6. The molecule has 0 bridgehead atoms. The summed E-state index contributed by atoms with van der Waals surface area (Å²) in [5.74, 6) is -0.804. The number of ketones is 1. The summed E-state index contributed by atoms with van der Waals surface area (Å²) in [4.78, 5) is 37.9. The van der Waals surface area contributed by atoms with E-state index in [9.17, 15) is 19.7 Å². The summed E-state index contributed by atoms with van der Waals surface area (Å²) in [6, 6.07) is 10.7. The number of amides is 1. The van der Waals surface area contributed by atoms with E-state index in [2.05, 4.69) is 5.32 Å². The SMILES string of the molecule is CN(C)c1ccc(C(=O)c2ccccc2C(=O)NCCCCN)cc1[N+](=O)[O-]. The normalized spacial score (nSPS) is 10.4. The predicted molar refractivity (Wildman–Crippen MR) is 108 cm³/mol. The highest BCUT2D eigenvalue weighted by Crippen LogP contribution is 2.29. The molecule has 0 aromatic heterocycles. The average molecular weight is 384 g/mol. The monoisotopic (exact) mass is 384 g/mol. The standard InChI is InChI=1S/C20H24N4O4/c1-23(2)17-10-9-14(13-18(17)24(27)28)19(25)15-7-3-4-8-16(15)20(26)22-12-6-5-11-21/h3-4,7-10,13H,5-6,11-12,21H2,1-2H3,(H,22,26). The number of nitro groups is 1. The number of nitrogens with zero attached hydrogens (tertiary/aromatic N) is 2. The molecule has 28 heavy (non-hydrogen) atoms. The Morgan fingerprint density at radius 2 is 1.79 bits per heavy atom. The van der Waals surface area contributed by atoms with Crippen molar-refractivity contribution in [3.63, 3.8) is 0 Å². The molecular formula is C20H24N4O4. The van der Waals surface area contributed by atoms with Crippen LogP contribution in [0.3, 0.4) is 0 Å². The summed E-state index contributed by atoms with van der Waals surface area (Å²) < 4.78 is 0. The quantitative estimate of drug-likeness (QED) is 0.296. The van der Waals surface area contributed by atoms with E-state index in [1.165, 1.54) is 18.2 Å². The van der Waals surface area contributed by atoms with Crippen LogP contribution in [0.4, 0.5) is 11.4 Å². The van der Waals surface area contributed by atoms with Crippen LogP contribution in [-0.4, -0.2) is 43.8 Å². The number of carbonyl (C=O) groups excluding carboxylic acids is 2. The van der Waals surface area contributed by atoms with Gasteiger partial charge in [-0.05, 0) is 37.6 Å². The van der Waals surface area contributed by atoms with Gasteiger partial charge in [-0.25, -0.2) is 0 Å². The van der Waals surface area contributed by atoms with Crippen molar-refractivity contribution in [1.82, 2.24) is 5.32 Å². The minimum Gasteiger partial charge on any atom is -0.372 e. The fourth-order valence-corrected chi connectivity index (χ4v) is 2.79. The van der Waals surface area contributed by atoms with Crippen LogP contribution in [0.5, 0.6) is 0 Å².